The van der Waals surface area contributed by atoms with Gasteiger partial charge in [0.2, 0.25) is 0 Å². The second kappa shape index (κ2) is 5.07. The van der Waals surface area contributed by atoms with Crippen molar-refractivity contribution in [3.8, 4) is 0 Å². The molecule has 0 aromatic carbocycles. The minimum absolute atomic E-state index is 0.289. The lowest BCUT2D eigenvalue weighted by Crippen LogP contribution is -2.51. The molecule has 0 amide bonds. The maximum Gasteiger partial charge on any atom is 0.344 e. The fourth-order valence-electron chi connectivity index (χ4n) is 8.24. The molecule has 5 fully saturated rings. The minimum atomic E-state index is -0.561. The highest BCUT2D eigenvalue weighted by Crippen LogP contribution is 2.84. The van der Waals surface area contributed by atoms with Gasteiger partial charge in [-0.2, -0.15) is 0 Å². The summed E-state index contributed by atoms with van der Waals surface area (Å²) in [7, 11) is 0. The maximum atomic E-state index is 12.7. The summed E-state index contributed by atoms with van der Waals surface area (Å²) in [5.41, 5.74) is 1.74. The summed E-state index contributed by atoms with van der Waals surface area (Å²) >= 11 is 0. The Morgan fingerprint density at radius 2 is 2.07 bits per heavy atom. The summed E-state index contributed by atoms with van der Waals surface area (Å²) in [4.78, 5) is 24.1. The first-order valence-corrected chi connectivity index (χ1v) is 10.7. The molecule has 0 saturated heterocycles. The fourth-order valence-corrected chi connectivity index (χ4v) is 8.24. The first kappa shape index (κ1) is 16.4. The number of carbonyl (C=O) groups excluding carboxylic acids is 2. The quantitative estimate of drug-likeness (QED) is 0.422. The standard InChI is InChI=1S/C23H28O4/c1-3-20(24)26-11-21(25)27-23(18-7-13-5-14(18)4-12(13)2)16-6-15-8-17(15)22(9-16)10-19(22)23/h3,8,12-16,18-19H,1,4-7,9-11H2,2H3. The summed E-state index contributed by atoms with van der Waals surface area (Å²) < 4.78 is 11.4. The summed E-state index contributed by atoms with van der Waals surface area (Å²) in [6, 6.07) is 0. The Hall–Kier alpha value is -1.58. The Morgan fingerprint density at radius 1 is 1.22 bits per heavy atom. The molecule has 6 aliphatic rings. The second-order valence-electron chi connectivity index (χ2n) is 10.2. The first-order chi connectivity index (χ1) is 13.0. The van der Waals surface area contributed by atoms with E-state index >= 15 is 0 Å². The monoisotopic (exact) mass is 368 g/mol. The molecule has 0 aromatic rings. The van der Waals surface area contributed by atoms with Crippen molar-refractivity contribution in [1.82, 2.24) is 0 Å². The molecule has 0 aromatic heterocycles. The predicted molar refractivity (Wildman–Crippen MR) is 98.3 cm³/mol. The lowest BCUT2D eigenvalue weighted by atomic mass is 9.66. The number of ether oxygens (including phenoxy) is 2. The zero-order valence-electron chi connectivity index (χ0n) is 16.0. The number of allylic oxidation sites excluding steroid dienone is 2. The molecule has 0 radical (unpaired) electrons. The molecule has 27 heavy (non-hydrogen) atoms. The van der Waals surface area contributed by atoms with Crippen LogP contribution < -0.4 is 0 Å². The molecular weight excluding hydrogens is 340 g/mol. The van der Waals surface area contributed by atoms with E-state index in [1.165, 1.54) is 32.1 Å². The summed E-state index contributed by atoms with van der Waals surface area (Å²) in [6.07, 6.45) is 11.0. The fraction of sp³-hybridized carbons (Fsp3) is 0.739. The lowest BCUT2D eigenvalue weighted by Gasteiger charge is -2.46. The Kier molecular flexibility index (Phi) is 3.07. The molecule has 0 heterocycles. The molecular formula is C23H28O4. The number of hydrogen-bond acceptors (Lipinski definition) is 4. The van der Waals surface area contributed by atoms with Gasteiger partial charge in [0.25, 0.3) is 0 Å². The number of hydrogen-bond donors (Lipinski definition) is 0. The van der Waals surface area contributed by atoms with Gasteiger partial charge >= 0.3 is 11.9 Å². The van der Waals surface area contributed by atoms with Crippen molar-refractivity contribution in [1.29, 1.82) is 0 Å². The van der Waals surface area contributed by atoms with E-state index in [0.717, 1.165) is 24.3 Å². The SMILES string of the molecule is C=CC(=O)OCC(=O)OC1(C2CC3CC2CC3C)C2CC3C=C3C3(C2)CC31. The number of fused-ring (bicyclic) bond motifs is 4. The number of rotatable bonds is 5. The molecule has 4 bridgehead atoms. The van der Waals surface area contributed by atoms with E-state index in [-0.39, 0.29) is 18.2 Å². The van der Waals surface area contributed by atoms with Crippen molar-refractivity contribution in [2.75, 3.05) is 6.61 Å². The van der Waals surface area contributed by atoms with Crippen molar-refractivity contribution in [2.45, 2.75) is 51.0 Å². The Balaban J connectivity index is 1.30. The van der Waals surface area contributed by atoms with Crippen LogP contribution in [0, 0.1) is 46.8 Å². The molecule has 0 aliphatic heterocycles. The third kappa shape index (κ3) is 2.00. The van der Waals surface area contributed by atoms with Crippen LogP contribution in [0.15, 0.2) is 24.3 Å². The van der Waals surface area contributed by atoms with Crippen molar-refractivity contribution >= 4 is 11.9 Å². The van der Waals surface area contributed by atoms with E-state index in [9.17, 15) is 9.59 Å². The highest BCUT2D eigenvalue weighted by atomic mass is 16.6. The molecule has 1 spiro atoms. The zero-order chi connectivity index (χ0) is 18.6. The van der Waals surface area contributed by atoms with E-state index in [4.69, 9.17) is 9.47 Å². The van der Waals surface area contributed by atoms with Crippen LogP contribution in [0.4, 0.5) is 0 Å². The molecule has 6 aliphatic carbocycles. The molecule has 144 valence electrons. The van der Waals surface area contributed by atoms with Crippen LogP contribution in [0.5, 0.6) is 0 Å². The molecule has 0 N–H and O–H groups in total. The molecule has 5 saturated carbocycles. The molecule has 4 nitrogen and oxygen atoms in total. The average Bonchev–Trinajstić information content (AvgIpc) is 3.48. The first-order valence-electron chi connectivity index (χ1n) is 10.7. The lowest BCUT2D eigenvalue weighted by molar-refractivity contribution is -0.188. The highest BCUT2D eigenvalue weighted by molar-refractivity contribution is 5.83. The van der Waals surface area contributed by atoms with Gasteiger partial charge in [-0.1, -0.05) is 25.2 Å². The van der Waals surface area contributed by atoms with Crippen molar-refractivity contribution < 1.29 is 19.1 Å². The van der Waals surface area contributed by atoms with Gasteiger partial charge in [0.05, 0.1) is 0 Å². The van der Waals surface area contributed by atoms with Gasteiger partial charge in [-0.25, -0.2) is 9.59 Å². The van der Waals surface area contributed by atoms with Gasteiger partial charge < -0.3 is 9.47 Å². The van der Waals surface area contributed by atoms with E-state index in [1.807, 2.05) is 0 Å². The molecule has 9 unspecified atom stereocenters. The number of esters is 2. The van der Waals surface area contributed by atoms with Gasteiger partial charge in [0, 0.05) is 23.8 Å². The Morgan fingerprint density at radius 3 is 2.78 bits per heavy atom. The van der Waals surface area contributed by atoms with Crippen LogP contribution in [-0.2, 0) is 19.1 Å². The molecule has 9 atom stereocenters. The predicted octanol–water partition coefficient (Wildman–Crippen LogP) is 3.67. The molecule has 6 rings (SSSR count). The highest BCUT2D eigenvalue weighted by Gasteiger charge is 2.81. The van der Waals surface area contributed by atoms with Crippen LogP contribution in [0.1, 0.15) is 45.4 Å². The minimum Gasteiger partial charge on any atom is -0.456 e. The average molecular weight is 368 g/mol. The summed E-state index contributed by atoms with van der Waals surface area (Å²) in [5.74, 6) is 3.59. The van der Waals surface area contributed by atoms with Gasteiger partial charge in [0.1, 0.15) is 5.60 Å². The van der Waals surface area contributed by atoms with Crippen molar-refractivity contribution in [2.24, 2.45) is 46.8 Å². The van der Waals surface area contributed by atoms with Crippen LogP contribution in [-0.4, -0.2) is 24.1 Å². The van der Waals surface area contributed by atoms with Crippen LogP contribution >= 0.6 is 0 Å². The molecule has 4 heteroatoms. The Labute approximate surface area is 160 Å². The Bertz CT molecular complexity index is 781. The van der Waals surface area contributed by atoms with E-state index in [0.29, 0.717) is 35.0 Å². The van der Waals surface area contributed by atoms with E-state index < -0.39 is 5.97 Å². The van der Waals surface area contributed by atoms with Crippen molar-refractivity contribution in [3.63, 3.8) is 0 Å². The maximum absolute atomic E-state index is 12.7. The second-order valence-corrected chi connectivity index (χ2v) is 10.2. The third-order valence-corrected chi connectivity index (χ3v) is 9.23. The van der Waals surface area contributed by atoms with E-state index in [1.54, 1.807) is 5.57 Å². The number of carbonyl (C=O) groups is 2. The van der Waals surface area contributed by atoms with Crippen LogP contribution in [0.25, 0.3) is 0 Å². The normalized spacial score (nSPS) is 52.5. The summed E-state index contributed by atoms with van der Waals surface area (Å²) in [5, 5.41) is 0. The topological polar surface area (TPSA) is 52.6 Å². The van der Waals surface area contributed by atoms with Gasteiger partial charge in [-0.3, -0.25) is 0 Å². The smallest absolute Gasteiger partial charge is 0.344 e. The summed E-state index contributed by atoms with van der Waals surface area (Å²) in [6.45, 7) is 5.49. The largest absolute Gasteiger partial charge is 0.456 e. The third-order valence-electron chi connectivity index (χ3n) is 9.23. The van der Waals surface area contributed by atoms with E-state index in [2.05, 4.69) is 19.6 Å². The van der Waals surface area contributed by atoms with Gasteiger partial charge in [0.15, 0.2) is 6.61 Å². The van der Waals surface area contributed by atoms with Crippen LogP contribution in [0.3, 0.4) is 0 Å². The van der Waals surface area contributed by atoms with Crippen LogP contribution in [0.2, 0.25) is 0 Å². The van der Waals surface area contributed by atoms with Gasteiger partial charge in [-0.05, 0) is 67.6 Å². The van der Waals surface area contributed by atoms with Gasteiger partial charge in [-0.15, -0.1) is 0 Å². The zero-order valence-corrected chi connectivity index (χ0v) is 16.0. The van der Waals surface area contributed by atoms with Crippen molar-refractivity contribution in [3.05, 3.63) is 24.3 Å².